The highest BCUT2D eigenvalue weighted by Gasteiger charge is 2.26. The van der Waals surface area contributed by atoms with Gasteiger partial charge in [-0.3, -0.25) is 4.79 Å². The van der Waals surface area contributed by atoms with Crippen molar-refractivity contribution in [2.75, 3.05) is 5.73 Å². The molecule has 0 aromatic carbocycles. The minimum Gasteiger partial charge on any atom is -0.397 e. The van der Waals surface area contributed by atoms with E-state index in [0.29, 0.717) is 17.3 Å². The molecule has 98 valence electrons. The van der Waals surface area contributed by atoms with E-state index in [9.17, 15) is 4.79 Å². The second-order valence-corrected chi connectivity index (χ2v) is 4.97. The highest BCUT2D eigenvalue weighted by molar-refractivity contribution is 5.97. The molecule has 0 aliphatic heterocycles. The normalized spacial score (nSPS) is 23.6. The minimum absolute atomic E-state index is 0.140. The van der Waals surface area contributed by atoms with Crippen LogP contribution < -0.4 is 11.1 Å². The van der Waals surface area contributed by atoms with Crippen LogP contribution in [0.5, 0.6) is 0 Å². The molecule has 0 spiro atoms. The first-order chi connectivity index (χ1) is 8.72. The monoisotopic (exact) mass is 247 g/mol. The Morgan fingerprint density at radius 2 is 2.28 bits per heavy atom. The fraction of sp³-hybridized carbons (Fsp3) is 0.571. The van der Waals surface area contributed by atoms with Crippen molar-refractivity contribution >= 4 is 11.6 Å². The third kappa shape index (κ3) is 2.81. The Labute approximate surface area is 108 Å². The first kappa shape index (κ1) is 12.9. The van der Waals surface area contributed by atoms with Gasteiger partial charge in [0.25, 0.3) is 5.91 Å². The van der Waals surface area contributed by atoms with Gasteiger partial charge in [0.05, 0.1) is 5.69 Å². The Morgan fingerprint density at radius 1 is 1.50 bits per heavy atom. The van der Waals surface area contributed by atoms with E-state index in [4.69, 9.17) is 5.73 Å². The molecule has 1 fully saturated rings. The largest absolute Gasteiger partial charge is 0.397 e. The maximum atomic E-state index is 12.1. The average Bonchev–Trinajstić information content (AvgIpc) is 2.39. The number of carbonyl (C=O) groups is 1. The van der Waals surface area contributed by atoms with Crippen molar-refractivity contribution in [3.8, 4) is 0 Å². The summed E-state index contributed by atoms with van der Waals surface area (Å²) in [4.78, 5) is 16.2. The quantitative estimate of drug-likeness (QED) is 0.861. The highest BCUT2D eigenvalue weighted by Crippen LogP contribution is 2.27. The van der Waals surface area contributed by atoms with Crippen LogP contribution in [0.25, 0.3) is 0 Å². The van der Waals surface area contributed by atoms with Crippen LogP contribution in [0.2, 0.25) is 0 Å². The van der Waals surface area contributed by atoms with Crippen molar-refractivity contribution in [2.45, 2.75) is 45.1 Å². The fourth-order valence-corrected chi connectivity index (χ4v) is 2.73. The third-order valence-electron chi connectivity index (χ3n) is 3.80. The van der Waals surface area contributed by atoms with Gasteiger partial charge in [0.15, 0.2) is 5.69 Å². The van der Waals surface area contributed by atoms with Crippen LogP contribution in [0.3, 0.4) is 0 Å². The van der Waals surface area contributed by atoms with Crippen LogP contribution in [0.1, 0.15) is 49.5 Å². The van der Waals surface area contributed by atoms with Gasteiger partial charge in [-0.2, -0.15) is 0 Å². The fourth-order valence-electron chi connectivity index (χ4n) is 2.73. The molecule has 1 heterocycles. The number of anilines is 1. The van der Waals surface area contributed by atoms with Crippen LogP contribution >= 0.6 is 0 Å². The van der Waals surface area contributed by atoms with Crippen LogP contribution in [0, 0.1) is 5.92 Å². The summed E-state index contributed by atoms with van der Waals surface area (Å²) in [6, 6.07) is 3.72. The van der Waals surface area contributed by atoms with Crippen molar-refractivity contribution in [1.82, 2.24) is 10.3 Å². The Morgan fingerprint density at radius 3 is 3.00 bits per heavy atom. The van der Waals surface area contributed by atoms with E-state index in [2.05, 4.69) is 17.2 Å². The molecule has 18 heavy (non-hydrogen) atoms. The summed E-state index contributed by atoms with van der Waals surface area (Å²) in [5.41, 5.74) is 6.56. The highest BCUT2D eigenvalue weighted by atomic mass is 16.2. The molecule has 1 aliphatic rings. The molecule has 1 aromatic heterocycles. The first-order valence-corrected chi connectivity index (χ1v) is 6.73. The van der Waals surface area contributed by atoms with E-state index in [-0.39, 0.29) is 11.9 Å². The average molecular weight is 247 g/mol. The summed E-state index contributed by atoms with van der Waals surface area (Å²) in [5.74, 6) is 0.450. The Hall–Kier alpha value is -1.58. The second-order valence-electron chi connectivity index (χ2n) is 4.97. The number of nitrogen functional groups attached to an aromatic ring is 1. The molecular formula is C14H21N3O. The molecule has 1 aliphatic carbocycles. The van der Waals surface area contributed by atoms with Crippen molar-refractivity contribution in [1.29, 1.82) is 0 Å². The third-order valence-corrected chi connectivity index (χ3v) is 3.80. The zero-order valence-electron chi connectivity index (χ0n) is 10.9. The lowest BCUT2D eigenvalue weighted by molar-refractivity contribution is 0.0900. The predicted octanol–water partition coefficient (Wildman–Crippen LogP) is 2.36. The van der Waals surface area contributed by atoms with Gasteiger partial charge in [-0.15, -0.1) is 0 Å². The van der Waals surface area contributed by atoms with Crippen LogP contribution in [0.4, 0.5) is 5.69 Å². The number of nitrogens with zero attached hydrogens (tertiary/aromatic N) is 1. The standard InChI is InChI=1S/C14H21N3O/c1-2-10-6-3-4-8-12(10)17-14(18)13-11(15)7-5-9-16-13/h5,7,9-10,12H,2-4,6,8,15H2,1H3,(H,17,18). The molecule has 0 radical (unpaired) electrons. The van der Waals surface area contributed by atoms with Gasteiger partial charge >= 0.3 is 0 Å². The number of hydrogen-bond acceptors (Lipinski definition) is 3. The summed E-state index contributed by atoms with van der Waals surface area (Å²) in [7, 11) is 0. The van der Waals surface area contributed by atoms with Gasteiger partial charge in [0, 0.05) is 12.2 Å². The molecule has 2 atom stereocenters. The molecule has 3 N–H and O–H groups in total. The van der Waals surface area contributed by atoms with Gasteiger partial charge in [0.2, 0.25) is 0 Å². The maximum absolute atomic E-state index is 12.1. The molecule has 2 unspecified atom stereocenters. The molecule has 4 nitrogen and oxygen atoms in total. The number of aromatic nitrogens is 1. The second kappa shape index (κ2) is 5.85. The summed E-state index contributed by atoms with van der Waals surface area (Å²) in [6.07, 6.45) is 7.46. The Kier molecular flexibility index (Phi) is 4.18. The molecule has 1 aromatic rings. The summed E-state index contributed by atoms with van der Waals surface area (Å²) in [6.45, 7) is 2.18. The molecule has 1 saturated carbocycles. The summed E-state index contributed by atoms with van der Waals surface area (Å²) >= 11 is 0. The van der Waals surface area contributed by atoms with Crippen LogP contribution in [0.15, 0.2) is 18.3 Å². The molecule has 0 saturated heterocycles. The van der Waals surface area contributed by atoms with Crippen molar-refractivity contribution in [3.05, 3.63) is 24.0 Å². The number of carbonyl (C=O) groups excluding carboxylic acids is 1. The summed E-state index contributed by atoms with van der Waals surface area (Å²) in [5, 5.41) is 3.10. The van der Waals surface area contributed by atoms with Crippen molar-refractivity contribution < 1.29 is 4.79 Å². The Balaban J connectivity index is 2.04. The zero-order valence-corrected chi connectivity index (χ0v) is 10.9. The van der Waals surface area contributed by atoms with Gasteiger partial charge in [-0.1, -0.05) is 26.2 Å². The van der Waals surface area contributed by atoms with Crippen LogP contribution in [-0.2, 0) is 0 Å². The molecule has 1 amide bonds. The lowest BCUT2D eigenvalue weighted by atomic mass is 9.83. The summed E-state index contributed by atoms with van der Waals surface area (Å²) < 4.78 is 0. The molecule has 4 heteroatoms. The lowest BCUT2D eigenvalue weighted by Gasteiger charge is -2.31. The molecule has 2 rings (SSSR count). The minimum atomic E-state index is -0.140. The number of nitrogens with one attached hydrogen (secondary N) is 1. The van der Waals surface area contributed by atoms with Crippen molar-refractivity contribution in [3.63, 3.8) is 0 Å². The SMILES string of the molecule is CCC1CCCCC1NC(=O)c1ncccc1N. The first-order valence-electron chi connectivity index (χ1n) is 6.73. The Bertz CT molecular complexity index is 419. The van der Waals surface area contributed by atoms with Crippen LogP contribution in [-0.4, -0.2) is 16.9 Å². The van der Waals surface area contributed by atoms with E-state index in [0.717, 1.165) is 12.8 Å². The number of nitrogens with two attached hydrogens (primary N) is 1. The van der Waals surface area contributed by atoms with Gasteiger partial charge in [-0.05, 0) is 30.9 Å². The zero-order chi connectivity index (χ0) is 13.0. The van der Waals surface area contributed by atoms with E-state index in [1.807, 2.05) is 0 Å². The van der Waals surface area contributed by atoms with E-state index in [1.165, 1.54) is 19.3 Å². The van der Waals surface area contributed by atoms with Gasteiger partial charge in [-0.25, -0.2) is 4.98 Å². The van der Waals surface area contributed by atoms with Gasteiger partial charge < -0.3 is 11.1 Å². The van der Waals surface area contributed by atoms with E-state index < -0.39 is 0 Å². The molecule has 0 bridgehead atoms. The smallest absolute Gasteiger partial charge is 0.272 e. The predicted molar refractivity (Wildman–Crippen MR) is 72.2 cm³/mol. The van der Waals surface area contributed by atoms with E-state index in [1.54, 1.807) is 18.3 Å². The molecular weight excluding hydrogens is 226 g/mol. The number of amides is 1. The maximum Gasteiger partial charge on any atom is 0.272 e. The van der Waals surface area contributed by atoms with E-state index >= 15 is 0 Å². The number of pyridine rings is 1. The number of rotatable bonds is 3. The van der Waals surface area contributed by atoms with Gasteiger partial charge in [0.1, 0.15) is 0 Å². The number of hydrogen-bond donors (Lipinski definition) is 2. The van der Waals surface area contributed by atoms with Crippen molar-refractivity contribution in [2.24, 2.45) is 5.92 Å². The topological polar surface area (TPSA) is 68.0 Å². The lowest BCUT2D eigenvalue weighted by Crippen LogP contribution is -2.42.